The van der Waals surface area contributed by atoms with Crippen LogP contribution in [0.4, 0.5) is 10.1 Å². The van der Waals surface area contributed by atoms with E-state index >= 15 is 0 Å². The fraction of sp³-hybridized carbons (Fsp3) is 0.500. The Labute approximate surface area is 113 Å². The number of carbonyl (C=O) groups is 1. The molecule has 0 fully saturated rings. The number of hydrogen-bond donors (Lipinski definition) is 1. The zero-order chi connectivity index (χ0) is 14.3. The van der Waals surface area contributed by atoms with Crippen LogP contribution < -0.4 is 10.2 Å². The molecule has 0 radical (unpaired) electrons. The summed E-state index contributed by atoms with van der Waals surface area (Å²) in [6.07, 6.45) is 0.561. The number of para-hydroxylation sites is 1. The molecule has 0 amide bonds. The van der Waals surface area contributed by atoms with Gasteiger partial charge in [0.1, 0.15) is 11.9 Å². The number of rotatable bonds is 7. The molecule has 0 saturated heterocycles. The molecule has 1 N–H and O–H groups in total. The molecule has 0 bridgehead atoms. The fourth-order valence-electron chi connectivity index (χ4n) is 1.96. The second-order valence-corrected chi connectivity index (χ2v) is 4.18. The van der Waals surface area contributed by atoms with E-state index in [2.05, 4.69) is 5.32 Å². The Morgan fingerprint density at radius 1 is 1.47 bits per heavy atom. The summed E-state index contributed by atoms with van der Waals surface area (Å²) in [5, 5.41) is 2.90. The van der Waals surface area contributed by atoms with Gasteiger partial charge in [0.15, 0.2) is 0 Å². The second-order valence-electron chi connectivity index (χ2n) is 4.18. The molecule has 0 aromatic heterocycles. The largest absolute Gasteiger partial charge is 0.468 e. The minimum Gasteiger partial charge on any atom is -0.468 e. The molecule has 106 valence electrons. The molecule has 0 heterocycles. The summed E-state index contributed by atoms with van der Waals surface area (Å²) in [5.74, 6) is -0.546. The number of likely N-dealkylation sites (N-methyl/N-ethyl adjacent to an activating group) is 1. The van der Waals surface area contributed by atoms with Crippen molar-refractivity contribution >= 4 is 11.7 Å². The maximum Gasteiger partial charge on any atom is 0.322 e. The van der Waals surface area contributed by atoms with Gasteiger partial charge in [-0.2, -0.15) is 0 Å². The Hall–Kier alpha value is -1.62. The average molecular weight is 268 g/mol. The quantitative estimate of drug-likeness (QED) is 0.766. The number of carbonyl (C=O) groups excluding carboxylic acids is 1. The van der Waals surface area contributed by atoms with Gasteiger partial charge in [0.2, 0.25) is 0 Å². The Morgan fingerprint density at radius 3 is 2.68 bits per heavy atom. The van der Waals surface area contributed by atoms with E-state index in [4.69, 9.17) is 4.74 Å². The number of esters is 1. The first kappa shape index (κ1) is 15.4. The van der Waals surface area contributed by atoms with Crippen LogP contribution in [0.2, 0.25) is 0 Å². The number of halogens is 1. The van der Waals surface area contributed by atoms with Gasteiger partial charge in [0.25, 0.3) is 0 Å². The molecule has 0 spiro atoms. The standard InChI is InChI=1S/C14H21FN2O2/c1-4-17(13-8-6-5-7-11(13)15)10-9-12(16-2)14(18)19-3/h5-8,12,16H,4,9-10H2,1-3H3. The summed E-state index contributed by atoms with van der Waals surface area (Å²) in [5.41, 5.74) is 0.560. The predicted octanol–water partition coefficient (Wildman–Crippen LogP) is 1.80. The van der Waals surface area contributed by atoms with Crippen LogP contribution in [0.5, 0.6) is 0 Å². The molecule has 1 unspecified atom stereocenters. The molecule has 0 aliphatic carbocycles. The summed E-state index contributed by atoms with van der Waals surface area (Å²) in [4.78, 5) is 13.4. The van der Waals surface area contributed by atoms with Crippen LogP contribution in [0.3, 0.4) is 0 Å². The van der Waals surface area contributed by atoms with Crippen LogP contribution in [0.25, 0.3) is 0 Å². The van der Waals surface area contributed by atoms with E-state index in [-0.39, 0.29) is 17.8 Å². The summed E-state index contributed by atoms with van der Waals surface area (Å²) in [6.45, 7) is 3.22. The smallest absolute Gasteiger partial charge is 0.322 e. The van der Waals surface area contributed by atoms with Crippen molar-refractivity contribution < 1.29 is 13.9 Å². The lowest BCUT2D eigenvalue weighted by atomic mass is 10.2. The summed E-state index contributed by atoms with van der Waals surface area (Å²) < 4.78 is 18.4. The lowest BCUT2D eigenvalue weighted by Gasteiger charge is -2.25. The normalized spacial score (nSPS) is 12.0. The predicted molar refractivity (Wildman–Crippen MR) is 73.8 cm³/mol. The molecule has 0 saturated carbocycles. The lowest BCUT2D eigenvalue weighted by Crippen LogP contribution is -2.39. The van der Waals surface area contributed by atoms with Gasteiger partial charge in [-0.1, -0.05) is 12.1 Å². The number of benzene rings is 1. The van der Waals surface area contributed by atoms with Gasteiger partial charge in [-0.15, -0.1) is 0 Å². The van der Waals surface area contributed by atoms with E-state index < -0.39 is 0 Å². The fourth-order valence-corrected chi connectivity index (χ4v) is 1.96. The highest BCUT2D eigenvalue weighted by atomic mass is 19.1. The van der Waals surface area contributed by atoms with Gasteiger partial charge >= 0.3 is 5.97 Å². The van der Waals surface area contributed by atoms with Gasteiger partial charge in [-0.3, -0.25) is 4.79 Å². The highest BCUT2D eigenvalue weighted by Gasteiger charge is 2.18. The summed E-state index contributed by atoms with van der Waals surface area (Å²) >= 11 is 0. The first-order valence-electron chi connectivity index (χ1n) is 6.38. The van der Waals surface area contributed by atoms with Gasteiger partial charge in [-0.25, -0.2) is 4.39 Å². The first-order chi connectivity index (χ1) is 9.13. The average Bonchev–Trinajstić information content (AvgIpc) is 2.44. The Bertz CT molecular complexity index is 412. The number of nitrogens with zero attached hydrogens (tertiary/aromatic N) is 1. The molecular weight excluding hydrogens is 247 g/mol. The van der Waals surface area contributed by atoms with Crippen molar-refractivity contribution in [1.82, 2.24) is 5.32 Å². The molecule has 1 atom stereocenters. The number of ether oxygens (including phenoxy) is 1. The monoisotopic (exact) mass is 268 g/mol. The van der Waals surface area contributed by atoms with Crippen LogP contribution in [0.1, 0.15) is 13.3 Å². The topological polar surface area (TPSA) is 41.6 Å². The third kappa shape index (κ3) is 4.21. The zero-order valence-electron chi connectivity index (χ0n) is 11.6. The van der Waals surface area contributed by atoms with E-state index in [1.165, 1.54) is 13.2 Å². The zero-order valence-corrected chi connectivity index (χ0v) is 11.6. The van der Waals surface area contributed by atoms with Gasteiger partial charge in [0.05, 0.1) is 12.8 Å². The number of nitrogens with one attached hydrogen (secondary N) is 1. The third-order valence-electron chi connectivity index (χ3n) is 3.10. The van der Waals surface area contributed by atoms with E-state index in [9.17, 15) is 9.18 Å². The molecule has 1 rings (SSSR count). The molecule has 0 aliphatic rings. The van der Waals surface area contributed by atoms with Crippen molar-refractivity contribution in [1.29, 1.82) is 0 Å². The lowest BCUT2D eigenvalue weighted by molar-refractivity contribution is -0.143. The molecule has 1 aromatic rings. The van der Waals surface area contributed by atoms with Crippen molar-refractivity contribution in [2.45, 2.75) is 19.4 Å². The van der Waals surface area contributed by atoms with Crippen LogP contribution in [0, 0.1) is 5.82 Å². The SMILES string of the molecule is CCN(CCC(NC)C(=O)OC)c1ccccc1F. The maximum atomic E-state index is 13.7. The van der Waals surface area contributed by atoms with Crippen molar-refractivity contribution in [2.24, 2.45) is 0 Å². The molecule has 0 aliphatic heterocycles. The highest BCUT2D eigenvalue weighted by molar-refractivity contribution is 5.75. The maximum absolute atomic E-state index is 13.7. The summed E-state index contributed by atoms with van der Waals surface area (Å²) in [7, 11) is 3.07. The molecule has 5 heteroatoms. The van der Waals surface area contributed by atoms with Crippen LogP contribution in [-0.4, -0.2) is 39.3 Å². The first-order valence-corrected chi connectivity index (χ1v) is 6.38. The highest BCUT2D eigenvalue weighted by Crippen LogP contribution is 2.18. The molecule has 19 heavy (non-hydrogen) atoms. The van der Waals surface area contributed by atoms with Crippen LogP contribution in [0.15, 0.2) is 24.3 Å². The molecule has 1 aromatic carbocycles. The van der Waals surface area contributed by atoms with E-state index in [1.807, 2.05) is 11.8 Å². The Morgan fingerprint density at radius 2 is 2.16 bits per heavy atom. The van der Waals surface area contributed by atoms with Gasteiger partial charge in [0, 0.05) is 13.1 Å². The van der Waals surface area contributed by atoms with Gasteiger partial charge < -0.3 is 15.0 Å². The summed E-state index contributed by atoms with van der Waals surface area (Å²) in [6, 6.07) is 6.28. The van der Waals surface area contributed by atoms with E-state index in [0.717, 1.165) is 0 Å². The number of hydrogen-bond acceptors (Lipinski definition) is 4. The van der Waals surface area contributed by atoms with Crippen molar-refractivity contribution in [2.75, 3.05) is 32.1 Å². The van der Waals surface area contributed by atoms with E-state index in [1.54, 1.807) is 25.2 Å². The van der Waals surface area contributed by atoms with Crippen LogP contribution in [-0.2, 0) is 9.53 Å². The van der Waals surface area contributed by atoms with Gasteiger partial charge in [-0.05, 0) is 32.5 Å². The molecule has 4 nitrogen and oxygen atoms in total. The van der Waals surface area contributed by atoms with Crippen molar-refractivity contribution in [3.8, 4) is 0 Å². The van der Waals surface area contributed by atoms with E-state index in [0.29, 0.717) is 25.2 Å². The number of anilines is 1. The third-order valence-corrected chi connectivity index (χ3v) is 3.10. The van der Waals surface area contributed by atoms with Crippen molar-refractivity contribution in [3.05, 3.63) is 30.1 Å². The Balaban J connectivity index is 2.68. The molecular formula is C14H21FN2O2. The van der Waals surface area contributed by atoms with Crippen LogP contribution >= 0.6 is 0 Å². The Kier molecular flexibility index (Phi) is 6.29. The van der Waals surface area contributed by atoms with Crippen molar-refractivity contribution in [3.63, 3.8) is 0 Å². The second kappa shape index (κ2) is 7.74. The number of methoxy groups -OCH3 is 1. The minimum absolute atomic E-state index is 0.247. The minimum atomic E-state index is -0.370.